The SMILES string of the molecule is O=C(O)C1=C(CCCSc2ccc(F)cc2)N(CC2CCCCCC2)CC=C1. The first-order valence-electron chi connectivity index (χ1n) is 10.4. The lowest BCUT2D eigenvalue weighted by molar-refractivity contribution is -0.132. The fourth-order valence-corrected chi connectivity index (χ4v) is 5.02. The lowest BCUT2D eigenvalue weighted by atomic mass is 9.97. The zero-order valence-electron chi connectivity index (χ0n) is 16.4. The van der Waals surface area contributed by atoms with Gasteiger partial charge in [-0.25, -0.2) is 9.18 Å². The minimum atomic E-state index is -0.831. The fourth-order valence-electron chi connectivity index (χ4n) is 4.17. The zero-order valence-corrected chi connectivity index (χ0v) is 17.2. The number of hydrogen-bond acceptors (Lipinski definition) is 3. The molecule has 152 valence electrons. The van der Waals surface area contributed by atoms with Gasteiger partial charge >= 0.3 is 5.97 Å². The predicted molar refractivity (Wildman–Crippen MR) is 113 cm³/mol. The van der Waals surface area contributed by atoms with Crippen LogP contribution in [0.2, 0.25) is 0 Å². The summed E-state index contributed by atoms with van der Waals surface area (Å²) in [4.78, 5) is 15.1. The smallest absolute Gasteiger partial charge is 0.337 e. The number of rotatable bonds is 8. The van der Waals surface area contributed by atoms with E-state index >= 15 is 0 Å². The van der Waals surface area contributed by atoms with Crippen molar-refractivity contribution in [3.05, 3.63) is 53.5 Å². The molecule has 1 aliphatic heterocycles. The highest BCUT2D eigenvalue weighted by Gasteiger charge is 2.23. The number of carboxylic acid groups (broad SMARTS) is 1. The molecule has 1 aliphatic carbocycles. The van der Waals surface area contributed by atoms with Gasteiger partial charge in [0.05, 0.1) is 5.57 Å². The summed E-state index contributed by atoms with van der Waals surface area (Å²) in [5.74, 6) is 0.516. The van der Waals surface area contributed by atoms with Crippen molar-refractivity contribution in [3.63, 3.8) is 0 Å². The van der Waals surface area contributed by atoms with Gasteiger partial charge in [-0.3, -0.25) is 0 Å². The third kappa shape index (κ3) is 6.13. The van der Waals surface area contributed by atoms with Gasteiger partial charge in [0.2, 0.25) is 0 Å². The lowest BCUT2D eigenvalue weighted by Gasteiger charge is -2.33. The van der Waals surface area contributed by atoms with Gasteiger partial charge in [-0.1, -0.05) is 31.8 Å². The number of carboxylic acids is 1. The molecule has 1 aromatic rings. The molecule has 1 fully saturated rings. The molecule has 1 aromatic carbocycles. The van der Waals surface area contributed by atoms with Crippen molar-refractivity contribution in [2.45, 2.75) is 56.3 Å². The summed E-state index contributed by atoms with van der Waals surface area (Å²) < 4.78 is 13.0. The van der Waals surface area contributed by atoms with E-state index in [0.717, 1.165) is 42.3 Å². The summed E-state index contributed by atoms with van der Waals surface area (Å²) in [6.45, 7) is 1.79. The maximum absolute atomic E-state index is 13.0. The molecule has 0 amide bonds. The normalized spacial score (nSPS) is 18.4. The van der Waals surface area contributed by atoms with E-state index in [1.54, 1.807) is 30.0 Å². The second kappa shape index (κ2) is 10.7. The zero-order chi connectivity index (χ0) is 19.8. The predicted octanol–water partition coefficient (Wildman–Crippen LogP) is 5.88. The standard InChI is InChI=1S/C23H30FNO2S/c24-19-11-13-20(14-12-19)28-16-6-10-22-21(23(26)27)9-5-15-25(22)17-18-7-3-1-2-4-8-18/h5,9,11-14,18H,1-4,6-8,10,15-17H2,(H,26,27). The molecule has 0 aromatic heterocycles. The Kier molecular flexibility index (Phi) is 8.01. The van der Waals surface area contributed by atoms with Gasteiger partial charge in [0.25, 0.3) is 0 Å². The van der Waals surface area contributed by atoms with Gasteiger partial charge in [0, 0.05) is 23.7 Å². The fraction of sp³-hybridized carbons (Fsp3) is 0.522. The molecular weight excluding hydrogens is 373 g/mol. The number of carbonyl (C=O) groups is 1. The molecule has 5 heteroatoms. The number of nitrogens with zero attached hydrogens (tertiary/aromatic N) is 1. The summed E-state index contributed by atoms with van der Waals surface area (Å²) in [6, 6.07) is 6.55. The number of allylic oxidation sites excluding steroid dienone is 1. The summed E-state index contributed by atoms with van der Waals surface area (Å²) >= 11 is 1.69. The second-order valence-electron chi connectivity index (χ2n) is 7.74. The number of aliphatic carboxylic acids is 1. The Morgan fingerprint density at radius 3 is 2.54 bits per heavy atom. The van der Waals surface area contributed by atoms with Crippen molar-refractivity contribution in [1.82, 2.24) is 4.90 Å². The van der Waals surface area contributed by atoms with Crippen LogP contribution in [0.5, 0.6) is 0 Å². The van der Waals surface area contributed by atoms with Gasteiger partial charge in [0.15, 0.2) is 0 Å². The van der Waals surface area contributed by atoms with Gasteiger partial charge in [-0.15, -0.1) is 11.8 Å². The molecule has 1 saturated carbocycles. The first-order valence-corrected chi connectivity index (χ1v) is 11.4. The minimum absolute atomic E-state index is 0.219. The van der Waals surface area contributed by atoms with Crippen LogP contribution >= 0.6 is 11.8 Å². The molecule has 3 rings (SSSR count). The van der Waals surface area contributed by atoms with E-state index in [1.165, 1.54) is 50.7 Å². The first-order chi connectivity index (χ1) is 13.6. The molecule has 3 nitrogen and oxygen atoms in total. The maximum atomic E-state index is 13.0. The molecule has 1 heterocycles. The second-order valence-corrected chi connectivity index (χ2v) is 8.90. The number of hydrogen-bond donors (Lipinski definition) is 1. The number of halogens is 1. The van der Waals surface area contributed by atoms with Gasteiger partial charge in [-0.05, 0) is 67.7 Å². The van der Waals surface area contributed by atoms with Crippen LogP contribution in [0, 0.1) is 11.7 Å². The first kappa shape index (κ1) is 21.0. The van der Waals surface area contributed by atoms with E-state index in [9.17, 15) is 14.3 Å². The van der Waals surface area contributed by atoms with E-state index in [2.05, 4.69) is 4.90 Å². The average molecular weight is 404 g/mol. The highest BCUT2D eigenvalue weighted by Crippen LogP contribution is 2.29. The highest BCUT2D eigenvalue weighted by atomic mass is 32.2. The molecule has 0 spiro atoms. The molecule has 0 unspecified atom stereocenters. The van der Waals surface area contributed by atoms with Crippen molar-refractivity contribution in [2.24, 2.45) is 5.92 Å². The summed E-state index contributed by atoms with van der Waals surface area (Å²) in [6.07, 6.45) is 13.2. The van der Waals surface area contributed by atoms with E-state index in [-0.39, 0.29) is 5.82 Å². The quantitative estimate of drug-likeness (QED) is 0.334. The maximum Gasteiger partial charge on any atom is 0.337 e. The molecule has 2 aliphatic rings. The van der Waals surface area contributed by atoms with Gasteiger partial charge in [0.1, 0.15) is 5.82 Å². The van der Waals surface area contributed by atoms with Crippen LogP contribution in [0.15, 0.2) is 52.6 Å². The average Bonchev–Trinajstić information content (AvgIpc) is 2.96. The van der Waals surface area contributed by atoms with Crippen molar-refractivity contribution in [2.75, 3.05) is 18.8 Å². The van der Waals surface area contributed by atoms with Crippen LogP contribution in [-0.4, -0.2) is 34.8 Å². The Hall–Kier alpha value is -1.75. The summed E-state index contributed by atoms with van der Waals surface area (Å²) in [5.41, 5.74) is 1.44. The molecule has 28 heavy (non-hydrogen) atoms. The number of benzene rings is 1. The van der Waals surface area contributed by atoms with Crippen molar-refractivity contribution < 1.29 is 14.3 Å². The van der Waals surface area contributed by atoms with Crippen LogP contribution in [0.4, 0.5) is 4.39 Å². The molecule has 0 saturated heterocycles. The van der Waals surface area contributed by atoms with Gasteiger partial charge in [-0.2, -0.15) is 0 Å². The molecule has 0 bridgehead atoms. The molecule has 0 radical (unpaired) electrons. The lowest BCUT2D eigenvalue weighted by Crippen LogP contribution is -2.33. The summed E-state index contributed by atoms with van der Waals surface area (Å²) in [5, 5.41) is 9.66. The Morgan fingerprint density at radius 2 is 1.86 bits per heavy atom. The van der Waals surface area contributed by atoms with E-state index in [4.69, 9.17) is 0 Å². The van der Waals surface area contributed by atoms with Crippen molar-refractivity contribution in [3.8, 4) is 0 Å². The third-order valence-electron chi connectivity index (χ3n) is 5.63. The van der Waals surface area contributed by atoms with E-state index in [0.29, 0.717) is 11.5 Å². The monoisotopic (exact) mass is 403 g/mol. The van der Waals surface area contributed by atoms with Crippen molar-refractivity contribution in [1.29, 1.82) is 0 Å². The van der Waals surface area contributed by atoms with Crippen LogP contribution in [0.1, 0.15) is 51.4 Å². The number of thioether (sulfide) groups is 1. The van der Waals surface area contributed by atoms with E-state index < -0.39 is 5.97 Å². The minimum Gasteiger partial charge on any atom is -0.478 e. The largest absolute Gasteiger partial charge is 0.478 e. The topological polar surface area (TPSA) is 40.5 Å². The van der Waals surface area contributed by atoms with E-state index in [1.807, 2.05) is 6.08 Å². The third-order valence-corrected chi connectivity index (χ3v) is 6.73. The van der Waals surface area contributed by atoms with Crippen LogP contribution in [0.3, 0.4) is 0 Å². The summed E-state index contributed by atoms with van der Waals surface area (Å²) in [7, 11) is 0. The molecule has 0 atom stereocenters. The molecule has 1 N–H and O–H groups in total. The van der Waals surface area contributed by atoms with Crippen LogP contribution in [-0.2, 0) is 4.79 Å². The molecular formula is C23H30FNO2S. The van der Waals surface area contributed by atoms with Crippen LogP contribution in [0.25, 0.3) is 0 Å². The van der Waals surface area contributed by atoms with Crippen LogP contribution < -0.4 is 0 Å². The Bertz CT molecular complexity index is 706. The Balaban J connectivity index is 1.59. The Labute approximate surface area is 171 Å². The Morgan fingerprint density at radius 1 is 1.14 bits per heavy atom. The highest BCUT2D eigenvalue weighted by molar-refractivity contribution is 7.99. The van der Waals surface area contributed by atoms with Crippen molar-refractivity contribution >= 4 is 17.7 Å². The van der Waals surface area contributed by atoms with Gasteiger partial charge < -0.3 is 10.0 Å².